The summed E-state index contributed by atoms with van der Waals surface area (Å²) in [5.41, 5.74) is -0.224. The number of ether oxygens (including phenoxy) is 1. The van der Waals surface area contributed by atoms with Crippen molar-refractivity contribution in [1.82, 2.24) is 9.97 Å². The minimum absolute atomic E-state index is 0.183. The quantitative estimate of drug-likeness (QED) is 0.760. The highest BCUT2D eigenvalue weighted by atomic mass is 19.4. The highest BCUT2D eigenvalue weighted by Gasteiger charge is 2.30. The van der Waals surface area contributed by atoms with Crippen LogP contribution in [0, 0.1) is 0 Å². The van der Waals surface area contributed by atoms with E-state index in [1.54, 1.807) is 12.1 Å². The van der Waals surface area contributed by atoms with Crippen molar-refractivity contribution in [2.75, 3.05) is 12.4 Å². The summed E-state index contributed by atoms with van der Waals surface area (Å²) in [7, 11) is 1.54. The average molecular weight is 335 g/mol. The lowest BCUT2D eigenvalue weighted by atomic mass is 10.1. The van der Waals surface area contributed by atoms with Crippen molar-refractivity contribution in [3.05, 3.63) is 54.4 Å². The van der Waals surface area contributed by atoms with Crippen molar-refractivity contribution in [1.29, 1.82) is 0 Å². The molecule has 2 aromatic heterocycles. The van der Waals surface area contributed by atoms with Gasteiger partial charge in [0.05, 0.1) is 25.1 Å². The van der Waals surface area contributed by atoms with E-state index >= 15 is 0 Å². The molecule has 1 aromatic carbocycles. The predicted molar refractivity (Wildman–Crippen MR) is 81.0 cm³/mol. The zero-order valence-electron chi connectivity index (χ0n) is 12.5. The number of aromatic nitrogens is 2. The maximum atomic E-state index is 12.6. The molecule has 3 rings (SSSR count). The first-order valence-corrected chi connectivity index (χ1v) is 6.86. The van der Waals surface area contributed by atoms with E-state index < -0.39 is 11.7 Å². The number of rotatable bonds is 4. The monoisotopic (exact) mass is 335 g/mol. The average Bonchev–Trinajstić information content (AvgIpc) is 3.03. The predicted octanol–water partition coefficient (Wildman–Crippen LogP) is 4.51. The highest BCUT2D eigenvalue weighted by molar-refractivity contribution is 5.59. The third-order valence-corrected chi connectivity index (χ3v) is 3.21. The van der Waals surface area contributed by atoms with Crippen molar-refractivity contribution < 1.29 is 22.3 Å². The lowest BCUT2D eigenvalue weighted by molar-refractivity contribution is -0.137. The van der Waals surface area contributed by atoms with Crippen LogP contribution >= 0.6 is 0 Å². The number of hydrogen-bond donors (Lipinski definition) is 1. The molecular formula is C16H12F3N3O2. The fourth-order valence-electron chi connectivity index (χ4n) is 1.97. The molecule has 0 fully saturated rings. The normalized spacial score (nSPS) is 11.3. The number of pyridine rings is 1. The number of oxazole rings is 1. The topological polar surface area (TPSA) is 60.2 Å². The highest BCUT2D eigenvalue weighted by Crippen LogP contribution is 2.31. The Labute approximate surface area is 135 Å². The van der Waals surface area contributed by atoms with Gasteiger partial charge >= 0.3 is 12.2 Å². The van der Waals surface area contributed by atoms with Gasteiger partial charge in [0, 0.05) is 5.56 Å². The molecule has 0 aliphatic heterocycles. The largest absolute Gasteiger partial charge is 0.495 e. The van der Waals surface area contributed by atoms with Crippen LogP contribution in [-0.2, 0) is 6.18 Å². The van der Waals surface area contributed by atoms with Crippen LogP contribution in [0.1, 0.15) is 5.56 Å². The molecule has 0 radical (unpaired) electrons. The van der Waals surface area contributed by atoms with Crippen LogP contribution in [0.4, 0.5) is 25.0 Å². The van der Waals surface area contributed by atoms with Crippen LogP contribution in [0.15, 0.2) is 53.2 Å². The Morgan fingerprint density at radius 3 is 2.33 bits per heavy atom. The Kier molecular flexibility index (Phi) is 4.11. The molecular weight excluding hydrogens is 323 g/mol. The Morgan fingerprint density at radius 2 is 1.75 bits per heavy atom. The first-order valence-electron chi connectivity index (χ1n) is 6.86. The molecule has 0 aliphatic carbocycles. The maximum Gasteiger partial charge on any atom is 0.416 e. The third-order valence-electron chi connectivity index (χ3n) is 3.21. The number of alkyl halides is 3. The van der Waals surface area contributed by atoms with Crippen molar-refractivity contribution in [3.63, 3.8) is 0 Å². The smallest absolute Gasteiger partial charge is 0.416 e. The number of benzene rings is 1. The SMILES string of the molecule is COc1ccc(Nc2ncc(-c3ccc(C(F)(F)F)cc3)o2)nc1. The van der Waals surface area contributed by atoms with Gasteiger partial charge in [0.1, 0.15) is 11.6 Å². The Bertz CT molecular complexity index is 812. The van der Waals surface area contributed by atoms with Crippen molar-refractivity contribution in [3.8, 4) is 17.1 Å². The summed E-state index contributed by atoms with van der Waals surface area (Å²) in [5, 5.41) is 2.86. The molecule has 0 bridgehead atoms. The number of halogens is 3. The van der Waals surface area contributed by atoms with Crippen molar-refractivity contribution >= 4 is 11.8 Å². The Hall–Kier alpha value is -3.03. The molecule has 124 valence electrons. The zero-order valence-corrected chi connectivity index (χ0v) is 12.5. The van der Waals surface area contributed by atoms with Crippen molar-refractivity contribution in [2.24, 2.45) is 0 Å². The molecule has 5 nitrogen and oxygen atoms in total. The molecule has 0 unspecified atom stereocenters. The van der Waals surface area contributed by atoms with Gasteiger partial charge in [0.2, 0.25) is 0 Å². The van der Waals surface area contributed by atoms with E-state index in [0.717, 1.165) is 12.1 Å². The van der Waals surface area contributed by atoms with Crippen LogP contribution in [0.5, 0.6) is 5.75 Å². The minimum atomic E-state index is -4.37. The molecule has 2 heterocycles. The van der Waals surface area contributed by atoms with Crippen LogP contribution in [-0.4, -0.2) is 17.1 Å². The fourth-order valence-corrected chi connectivity index (χ4v) is 1.97. The first kappa shape index (κ1) is 15.9. The van der Waals surface area contributed by atoms with Crippen LogP contribution < -0.4 is 10.1 Å². The molecule has 3 aromatic rings. The number of hydrogen-bond acceptors (Lipinski definition) is 5. The van der Waals surface area contributed by atoms with Gasteiger partial charge in [-0.1, -0.05) is 12.1 Å². The fraction of sp³-hybridized carbons (Fsp3) is 0.125. The van der Waals surface area contributed by atoms with Crippen LogP contribution in [0.25, 0.3) is 11.3 Å². The molecule has 0 atom stereocenters. The van der Waals surface area contributed by atoms with Gasteiger partial charge in [-0.3, -0.25) is 5.32 Å². The molecule has 24 heavy (non-hydrogen) atoms. The number of methoxy groups -OCH3 is 1. The Morgan fingerprint density at radius 1 is 1.00 bits per heavy atom. The minimum Gasteiger partial charge on any atom is -0.495 e. The lowest BCUT2D eigenvalue weighted by Gasteiger charge is -2.06. The summed E-state index contributed by atoms with van der Waals surface area (Å²) in [6.07, 6.45) is -1.41. The standard InChI is InChI=1S/C16H12F3N3O2/c1-23-12-6-7-14(20-8-12)22-15-21-9-13(24-15)10-2-4-11(5-3-10)16(17,18)19/h2-9H,1H3,(H,20,21,22). The van der Waals surface area contributed by atoms with E-state index in [1.807, 2.05) is 0 Å². The number of nitrogens with zero attached hydrogens (tertiary/aromatic N) is 2. The van der Waals surface area contributed by atoms with E-state index in [2.05, 4.69) is 15.3 Å². The first-order chi connectivity index (χ1) is 11.5. The van der Waals surface area contributed by atoms with Crippen LogP contribution in [0.2, 0.25) is 0 Å². The third kappa shape index (κ3) is 3.48. The van der Waals surface area contributed by atoms with E-state index in [1.165, 1.54) is 31.6 Å². The molecule has 8 heteroatoms. The summed E-state index contributed by atoms with van der Waals surface area (Å²) < 4.78 is 48.2. The maximum absolute atomic E-state index is 12.6. The van der Waals surface area contributed by atoms with Gasteiger partial charge in [0.25, 0.3) is 0 Å². The van der Waals surface area contributed by atoms with E-state index in [4.69, 9.17) is 9.15 Å². The van der Waals surface area contributed by atoms with Crippen LogP contribution in [0.3, 0.4) is 0 Å². The number of nitrogens with one attached hydrogen (secondary N) is 1. The second kappa shape index (κ2) is 6.23. The van der Waals surface area contributed by atoms with Gasteiger partial charge in [-0.15, -0.1) is 0 Å². The van der Waals surface area contributed by atoms with Gasteiger partial charge < -0.3 is 9.15 Å². The lowest BCUT2D eigenvalue weighted by Crippen LogP contribution is -2.03. The van der Waals surface area contributed by atoms with E-state index in [0.29, 0.717) is 22.9 Å². The summed E-state index contributed by atoms with van der Waals surface area (Å²) >= 11 is 0. The summed E-state index contributed by atoms with van der Waals surface area (Å²) in [6.45, 7) is 0. The Balaban J connectivity index is 1.75. The summed E-state index contributed by atoms with van der Waals surface area (Å²) in [6, 6.07) is 8.24. The van der Waals surface area contributed by atoms with Gasteiger partial charge in [-0.25, -0.2) is 9.97 Å². The number of anilines is 2. The summed E-state index contributed by atoms with van der Waals surface area (Å²) in [4.78, 5) is 8.13. The van der Waals surface area contributed by atoms with Gasteiger partial charge in [0.15, 0.2) is 5.76 Å². The molecule has 0 aliphatic rings. The molecule has 1 N–H and O–H groups in total. The molecule has 0 saturated carbocycles. The van der Waals surface area contributed by atoms with E-state index in [9.17, 15) is 13.2 Å². The van der Waals surface area contributed by atoms with E-state index in [-0.39, 0.29) is 6.01 Å². The second-order valence-electron chi connectivity index (χ2n) is 4.81. The van der Waals surface area contributed by atoms with Crippen molar-refractivity contribution in [2.45, 2.75) is 6.18 Å². The molecule has 0 amide bonds. The molecule has 0 saturated heterocycles. The zero-order chi connectivity index (χ0) is 17.2. The molecule has 0 spiro atoms. The second-order valence-corrected chi connectivity index (χ2v) is 4.81. The van der Waals surface area contributed by atoms with Gasteiger partial charge in [-0.2, -0.15) is 13.2 Å². The van der Waals surface area contributed by atoms with Gasteiger partial charge in [-0.05, 0) is 24.3 Å². The summed E-state index contributed by atoms with van der Waals surface area (Å²) in [5.74, 6) is 1.45.